The van der Waals surface area contributed by atoms with Gasteiger partial charge in [0.05, 0.1) is 6.54 Å². The molecule has 21 heavy (non-hydrogen) atoms. The van der Waals surface area contributed by atoms with Gasteiger partial charge in [0.25, 0.3) is 0 Å². The first kappa shape index (κ1) is 16.2. The third-order valence-corrected chi connectivity index (χ3v) is 4.63. The fraction of sp³-hybridized carbons (Fsp3) is 0.611. The van der Waals surface area contributed by atoms with Crippen LogP contribution in [0.4, 0.5) is 0 Å². The SMILES string of the molecule is CCN(CC)C1CCN(CC(=O)c2ccc(C)cc2C)C1. The van der Waals surface area contributed by atoms with Crippen LogP contribution in [0.3, 0.4) is 0 Å². The van der Waals surface area contributed by atoms with Crippen molar-refractivity contribution in [2.45, 2.75) is 40.2 Å². The summed E-state index contributed by atoms with van der Waals surface area (Å²) in [5.41, 5.74) is 3.19. The van der Waals surface area contributed by atoms with Crippen molar-refractivity contribution >= 4 is 5.78 Å². The van der Waals surface area contributed by atoms with E-state index in [0.29, 0.717) is 12.6 Å². The molecule has 1 fully saturated rings. The van der Waals surface area contributed by atoms with Gasteiger partial charge in [-0.3, -0.25) is 14.6 Å². The number of hydrogen-bond acceptors (Lipinski definition) is 3. The number of rotatable bonds is 6. The molecule has 0 radical (unpaired) electrons. The molecule has 0 N–H and O–H groups in total. The highest BCUT2D eigenvalue weighted by atomic mass is 16.1. The van der Waals surface area contributed by atoms with Crippen molar-refractivity contribution in [2.24, 2.45) is 0 Å². The number of Topliss-reactive ketones (excluding diaryl/α,β-unsaturated/α-hetero) is 1. The molecule has 3 heteroatoms. The number of carbonyl (C=O) groups is 1. The molecule has 3 nitrogen and oxygen atoms in total. The minimum atomic E-state index is 0.257. The van der Waals surface area contributed by atoms with Gasteiger partial charge in [-0.25, -0.2) is 0 Å². The van der Waals surface area contributed by atoms with Crippen molar-refractivity contribution < 1.29 is 4.79 Å². The highest BCUT2D eigenvalue weighted by molar-refractivity contribution is 5.99. The Morgan fingerprint density at radius 1 is 1.29 bits per heavy atom. The van der Waals surface area contributed by atoms with E-state index < -0.39 is 0 Å². The van der Waals surface area contributed by atoms with Gasteiger partial charge in [-0.1, -0.05) is 37.6 Å². The summed E-state index contributed by atoms with van der Waals surface area (Å²) in [7, 11) is 0. The second-order valence-corrected chi connectivity index (χ2v) is 6.14. The zero-order chi connectivity index (χ0) is 15.4. The third kappa shape index (κ3) is 3.92. The van der Waals surface area contributed by atoms with Crippen molar-refractivity contribution in [1.82, 2.24) is 9.80 Å². The van der Waals surface area contributed by atoms with Gasteiger partial charge < -0.3 is 0 Å². The molecule has 1 saturated heterocycles. The van der Waals surface area contributed by atoms with Crippen LogP contribution in [0, 0.1) is 13.8 Å². The molecule has 1 heterocycles. The van der Waals surface area contributed by atoms with E-state index in [2.05, 4.69) is 36.6 Å². The molecule has 0 aliphatic carbocycles. The number of likely N-dealkylation sites (tertiary alicyclic amines) is 1. The molecule has 1 aliphatic heterocycles. The molecular weight excluding hydrogens is 260 g/mol. The lowest BCUT2D eigenvalue weighted by atomic mass is 10.0. The van der Waals surface area contributed by atoms with Crippen LogP contribution in [0.25, 0.3) is 0 Å². The lowest BCUT2D eigenvalue weighted by Crippen LogP contribution is -2.38. The number of hydrogen-bond donors (Lipinski definition) is 0. The van der Waals surface area contributed by atoms with E-state index in [4.69, 9.17) is 0 Å². The number of nitrogens with zero attached hydrogens (tertiary/aromatic N) is 2. The third-order valence-electron chi connectivity index (χ3n) is 4.63. The average molecular weight is 288 g/mol. The summed E-state index contributed by atoms with van der Waals surface area (Å²) in [6.07, 6.45) is 1.18. The standard InChI is InChI=1S/C18H28N2O/c1-5-20(6-2)16-9-10-19(12-16)13-18(21)17-8-7-14(3)11-15(17)4/h7-8,11,16H,5-6,9-10,12-13H2,1-4H3. The van der Waals surface area contributed by atoms with Gasteiger partial charge in [0.15, 0.2) is 5.78 Å². The fourth-order valence-corrected chi connectivity index (χ4v) is 3.41. The van der Waals surface area contributed by atoms with Crippen LogP contribution in [0.2, 0.25) is 0 Å². The van der Waals surface area contributed by atoms with E-state index in [1.165, 1.54) is 12.0 Å². The van der Waals surface area contributed by atoms with E-state index in [1.807, 2.05) is 19.1 Å². The molecule has 116 valence electrons. The topological polar surface area (TPSA) is 23.6 Å². The zero-order valence-corrected chi connectivity index (χ0v) is 13.9. The molecule has 0 saturated carbocycles. The molecule has 0 spiro atoms. The molecule has 0 aromatic heterocycles. The second kappa shape index (κ2) is 7.19. The summed E-state index contributed by atoms with van der Waals surface area (Å²) in [6.45, 7) is 13.3. The maximum Gasteiger partial charge on any atom is 0.177 e. The lowest BCUT2D eigenvalue weighted by molar-refractivity contribution is 0.0939. The Bertz CT molecular complexity index is 494. The van der Waals surface area contributed by atoms with Gasteiger partial charge in [-0.05, 0) is 38.9 Å². The van der Waals surface area contributed by atoms with Crippen LogP contribution in [0.1, 0.15) is 41.8 Å². The van der Waals surface area contributed by atoms with Crippen LogP contribution in [0.5, 0.6) is 0 Å². The van der Waals surface area contributed by atoms with Crippen molar-refractivity contribution in [3.8, 4) is 0 Å². The van der Waals surface area contributed by atoms with Gasteiger partial charge in [0, 0.05) is 24.7 Å². The summed E-state index contributed by atoms with van der Waals surface area (Å²) in [5.74, 6) is 0.257. The summed E-state index contributed by atoms with van der Waals surface area (Å²) in [4.78, 5) is 17.3. The summed E-state index contributed by atoms with van der Waals surface area (Å²) >= 11 is 0. The van der Waals surface area contributed by atoms with Gasteiger partial charge >= 0.3 is 0 Å². The molecule has 2 rings (SSSR count). The van der Waals surface area contributed by atoms with E-state index in [1.54, 1.807) is 0 Å². The van der Waals surface area contributed by atoms with Crippen LogP contribution < -0.4 is 0 Å². The molecular formula is C18H28N2O. The molecule has 1 aliphatic rings. The van der Waals surface area contributed by atoms with Gasteiger partial charge in [-0.2, -0.15) is 0 Å². The Morgan fingerprint density at radius 3 is 2.62 bits per heavy atom. The smallest absolute Gasteiger partial charge is 0.177 e. The number of carbonyl (C=O) groups excluding carboxylic acids is 1. The zero-order valence-electron chi connectivity index (χ0n) is 13.9. The van der Waals surface area contributed by atoms with E-state index in [9.17, 15) is 4.79 Å². The Morgan fingerprint density at radius 2 is 2.00 bits per heavy atom. The first-order valence-corrected chi connectivity index (χ1v) is 8.12. The molecule has 1 atom stereocenters. The molecule has 1 aromatic carbocycles. The van der Waals surface area contributed by atoms with Crippen LogP contribution in [-0.4, -0.2) is 54.3 Å². The molecule has 0 bridgehead atoms. The highest BCUT2D eigenvalue weighted by Crippen LogP contribution is 2.17. The van der Waals surface area contributed by atoms with Gasteiger partial charge in [0.1, 0.15) is 0 Å². The van der Waals surface area contributed by atoms with E-state index in [0.717, 1.165) is 37.3 Å². The maximum atomic E-state index is 12.5. The van der Waals surface area contributed by atoms with Crippen molar-refractivity contribution in [1.29, 1.82) is 0 Å². The average Bonchev–Trinajstić information content (AvgIpc) is 2.88. The predicted molar refractivity (Wildman–Crippen MR) is 88.0 cm³/mol. The normalized spacial score (nSPS) is 19.4. The number of aryl methyl sites for hydroxylation is 2. The Labute approximate surface area is 128 Å². The predicted octanol–water partition coefficient (Wildman–Crippen LogP) is 2.90. The number of likely N-dealkylation sites (N-methyl/N-ethyl adjacent to an activating group) is 1. The summed E-state index contributed by atoms with van der Waals surface area (Å²) in [6, 6.07) is 6.72. The van der Waals surface area contributed by atoms with Crippen LogP contribution in [0.15, 0.2) is 18.2 Å². The monoisotopic (exact) mass is 288 g/mol. The van der Waals surface area contributed by atoms with E-state index >= 15 is 0 Å². The Hall–Kier alpha value is -1.19. The second-order valence-electron chi connectivity index (χ2n) is 6.14. The van der Waals surface area contributed by atoms with Crippen LogP contribution >= 0.6 is 0 Å². The maximum absolute atomic E-state index is 12.5. The van der Waals surface area contributed by atoms with Gasteiger partial charge in [0.2, 0.25) is 0 Å². The quantitative estimate of drug-likeness (QED) is 0.752. The van der Waals surface area contributed by atoms with Crippen molar-refractivity contribution in [3.05, 3.63) is 34.9 Å². The Kier molecular flexibility index (Phi) is 5.54. The molecule has 1 unspecified atom stereocenters. The molecule has 1 aromatic rings. The first-order chi connectivity index (χ1) is 10.0. The minimum absolute atomic E-state index is 0.257. The lowest BCUT2D eigenvalue weighted by Gasteiger charge is -2.26. The fourth-order valence-electron chi connectivity index (χ4n) is 3.41. The summed E-state index contributed by atoms with van der Waals surface area (Å²) in [5, 5.41) is 0. The minimum Gasteiger partial charge on any atom is -0.300 e. The van der Waals surface area contributed by atoms with Crippen molar-refractivity contribution in [2.75, 3.05) is 32.7 Å². The van der Waals surface area contributed by atoms with Crippen LogP contribution in [-0.2, 0) is 0 Å². The van der Waals surface area contributed by atoms with E-state index in [-0.39, 0.29) is 5.78 Å². The van der Waals surface area contributed by atoms with Crippen molar-refractivity contribution in [3.63, 3.8) is 0 Å². The number of ketones is 1. The largest absolute Gasteiger partial charge is 0.300 e. The summed E-state index contributed by atoms with van der Waals surface area (Å²) < 4.78 is 0. The first-order valence-electron chi connectivity index (χ1n) is 8.12. The van der Waals surface area contributed by atoms with Gasteiger partial charge in [-0.15, -0.1) is 0 Å². The Balaban J connectivity index is 1.95. The number of benzene rings is 1. The highest BCUT2D eigenvalue weighted by Gasteiger charge is 2.27. The molecule has 0 amide bonds.